The van der Waals surface area contributed by atoms with E-state index in [2.05, 4.69) is 5.32 Å². The third-order valence-corrected chi connectivity index (χ3v) is 4.66. The van der Waals surface area contributed by atoms with Gasteiger partial charge >= 0.3 is 0 Å². The molecule has 1 amide bonds. The molecule has 2 aromatic carbocycles. The fraction of sp³-hybridized carbons (Fsp3) is 0.235. The van der Waals surface area contributed by atoms with E-state index in [0.717, 1.165) is 24.0 Å². The van der Waals surface area contributed by atoms with Crippen molar-refractivity contribution in [1.82, 2.24) is 0 Å². The Balaban J connectivity index is 2.27. The molecule has 0 aliphatic rings. The first-order chi connectivity index (χ1) is 11.7. The fourth-order valence-corrected chi connectivity index (χ4v) is 3.19. The molecular weight excluding hydrogens is 350 g/mol. The van der Waals surface area contributed by atoms with Gasteiger partial charge in [0.2, 0.25) is 15.9 Å². The summed E-state index contributed by atoms with van der Waals surface area (Å²) in [6.45, 7) is 1.29. The summed E-state index contributed by atoms with van der Waals surface area (Å²) >= 11 is 0. The van der Waals surface area contributed by atoms with Gasteiger partial charge in [-0.25, -0.2) is 17.2 Å². The summed E-state index contributed by atoms with van der Waals surface area (Å²) in [5.74, 6) is -2.53. The van der Waals surface area contributed by atoms with Gasteiger partial charge in [0, 0.05) is 11.8 Å². The van der Waals surface area contributed by atoms with Crippen LogP contribution < -0.4 is 9.62 Å². The zero-order valence-corrected chi connectivity index (χ0v) is 14.6. The molecule has 25 heavy (non-hydrogen) atoms. The van der Waals surface area contributed by atoms with Crippen molar-refractivity contribution < 1.29 is 22.0 Å². The average molecular weight is 368 g/mol. The van der Waals surface area contributed by atoms with Gasteiger partial charge in [-0.1, -0.05) is 25.1 Å². The third-order valence-electron chi connectivity index (χ3n) is 3.54. The van der Waals surface area contributed by atoms with Gasteiger partial charge in [0.25, 0.3) is 0 Å². The Morgan fingerprint density at radius 1 is 1.16 bits per heavy atom. The van der Waals surface area contributed by atoms with Crippen molar-refractivity contribution in [3.63, 3.8) is 0 Å². The number of rotatable bonds is 6. The van der Waals surface area contributed by atoms with Gasteiger partial charge in [0.05, 0.1) is 11.9 Å². The SMILES string of the molecule is CCc1ccccc1NC(=O)CN(c1ccc(F)cc1F)S(C)(=O)=O. The molecular formula is C17H18F2N2O3S. The van der Waals surface area contributed by atoms with Crippen LogP contribution in [0.3, 0.4) is 0 Å². The van der Waals surface area contributed by atoms with E-state index in [0.29, 0.717) is 22.5 Å². The van der Waals surface area contributed by atoms with Gasteiger partial charge in [-0.2, -0.15) is 0 Å². The van der Waals surface area contributed by atoms with Crippen molar-refractivity contribution in [3.8, 4) is 0 Å². The quantitative estimate of drug-likeness (QED) is 0.853. The molecule has 0 aliphatic heterocycles. The highest BCUT2D eigenvalue weighted by Gasteiger charge is 2.24. The number of sulfonamides is 1. The zero-order valence-electron chi connectivity index (χ0n) is 13.8. The highest BCUT2D eigenvalue weighted by atomic mass is 32.2. The van der Waals surface area contributed by atoms with E-state index in [9.17, 15) is 22.0 Å². The summed E-state index contributed by atoms with van der Waals surface area (Å²) in [4.78, 5) is 12.3. The first-order valence-corrected chi connectivity index (χ1v) is 9.37. The van der Waals surface area contributed by atoms with Gasteiger partial charge in [-0.15, -0.1) is 0 Å². The molecule has 8 heteroatoms. The number of carbonyl (C=O) groups excluding carboxylic acids is 1. The molecule has 0 atom stereocenters. The predicted molar refractivity (Wildman–Crippen MR) is 93.0 cm³/mol. The molecule has 0 radical (unpaired) electrons. The van der Waals surface area contributed by atoms with E-state index in [1.54, 1.807) is 12.1 Å². The molecule has 0 bridgehead atoms. The Hall–Kier alpha value is -2.48. The van der Waals surface area contributed by atoms with Crippen LogP contribution >= 0.6 is 0 Å². The highest BCUT2D eigenvalue weighted by molar-refractivity contribution is 7.92. The molecule has 0 saturated carbocycles. The second-order valence-electron chi connectivity index (χ2n) is 5.42. The lowest BCUT2D eigenvalue weighted by molar-refractivity contribution is -0.114. The normalized spacial score (nSPS) is 11.2. The number of anilines is 2. The largest absolute Gasteiger partial charge is 0.324 e. The van der Waals surface area contributed by atoms with Crippen LogP contribution in [0.1, 0.15) is 12.5 Å². The van der Waals surface area contributed by atoms with Crippen LogP contribution in [0.25, 0.3) is 0 Å². The fourth-order valence-electron chi connectivity index (χ4n) is 2.34. The Bertz CT molecular complexity index is 885. The van der Waals surface area contributed by atoms with Crippen molar-refractivity contribution in [2.75, 3.05) is 22.4 Å². The summed E-state index contributed by atoms with van der Waals surface area (Å²) in [6.07, 6.45) is 1.53. The van der Waals surface area contributed by atoms with Gasteiger partial charge in [-0.05, 0) is 30.2 Å². The lowest BCUT2D eigenvalue weighted by atomic mass is 10.1. The molecule has 134 valence electrons. The molecule has 2 aromatic rings. The van der Waals surface area contributed by atoms with Gasteiger partial charge < -0.3 is 5.32 Å². The number of benzene rings is 2. The maximum atomic E-state index is 13.9. The average Bonchev–Trinajstić information content (AvgIpc) is 2.53. The first kappa shape index (κ1) is 18.9. The topological polar surface area (TPSA) is 66.5 Å². The maximum absolute atomic E-state index is 13.9. The molecule has 0 aliphatic carbocycles. The Morgan fingerprint density at radius 2 is 1.84 bits per heavy atom. The van der Waals surface area contributed by atoms with E-state index in [4.69, 9.17) is 0 Å². The van der Waals surface area contributed by atoms with Crippen LogP contribution in [0.4, 0.5) is 20.2 Å². The Kier molecular flexibility index (Phi) is 5.73. The van der Waals surface area contributed by atoms with Crippen molar-refractivity contribution in [2.24, 2.45) is 0 Å². The standard InChI is InChI=1S/C17H18F2N2O3S/c1-3-12-6-4-5-7-15(12)20-17(22)11-21(25(2,23)24)16-9-8-13(18)10-14(16)19/h4-10H,3,11H2,1-2H3,(H,20,22). The van der Waals surface area contributed by atoms with Crippen molar-refractivity contribution in [2.45, 2.75) is 13.3 Å². The summed E-state index contributed by atoms with van der Waals surface area (Å²) in [5, 5.41) is 2.62. The molecule has 0 aromatic heterocycles. The number of hydrogen-bond donors (Lipinski definition) is 1. The predicted octanol–water partition coefficient (Wildman–Crippen LogP) is 2.93. The number of carbonyl (C=O) groups is 1. The van der Waals surface area contributed by atoms with Crippen LogP contribution in [0, 0.1) is 11.6 Å². The molecule has 0 spiro atoms. The number of aryl methyl sites for hydroxylation is 1. The Morgan fingerprint density at radius 3 is 2.44 bits per heavy atom. The number of amides is 1. The number of halogens is 2. The summed E-state index contributed by atoms with van der Waals surface area (Å²) in [7, 11) is -3.95. The second kappa shape index (κ2) is 7.60. The number of nitrogens with one attached hydrogen (secondary N) is 1. The second-order valence-corrected chi connectivity index (χ2v) is 7.33. The van der Waals surface area contributed by atoms with Gasteiger partial charge in [0.15, 0.2) is 0 Å². The van der Waals surface area contributed by atoms with Crippen molar-refractivity contribution in [3.05, 3.63) is 59.7 Å². The smallest absolute Gasteiger partial charge is 0.245 e. The van der Waals surface area contributed by atoms with Crippen LogP contribution in [-0.4, -0.2) is 27.1 Å². The monoisotopic (exact) mass is 368 g/mol. The van der Waals surface area contributed by atoms with E-state index in [-0.39, 0.29) is 5.69 Å². The maximum Gasteiger partial charge on any atom is 0.245 e. The minimum absolute atomic E-state index is 0.386. The molecule has 0 unspecified atom stereocenters. The zero-order chi connectivity index (χ0) is 18.6. The van der Waals surface area contributed by atoms with E-state index in [1.165, 1.54) is 0 Å². The number of nitrogens with zero attached hydrogens (tertiary/aromatic N) is 1. The van der Waals surface area contributed by atoms with E-state index in [1.807, 2.05) is 19.1 Å². The third kappa shape index (κ3) is 4.76. The first-order valence-electron chi connectivity index (χ1n) is 7.53. The molecule has 0 fully saturated rings. The minimum atomic E-state index is -3.95. The summed E-state index contributed by atoms with van der Waals surface area (Å²) < 4.78 is 51.5. The Labute approximate surface area is 145 Å². The summed E-state index contributed by atoms with van der Waals surface area (Å²) in [6, 6.07) is 9.58. The molecule has 5 nitrogen and oxygen atoms in total. The van der Waals surface area contributed by atoms with Crippen molar-refractivity contribution >= 4 is 27.3 Å². The number of hydrogen-bond acceptors (Lipinski definition) is 3. The van der Waals surface area contributed by atoms with E-state index < -0.39 is 34.1 Å². The van der Waals surface area contributed by atoms with Gasteiger partial charge in [0.1, 0.15) is 18.2 Å². The lowest BCUT2D eigenvalue weighted by Gasteiger charge is -2.22. The molecule has 0 heterocycles. The molecule has 2 rings (SSSR count). The van der Waals surface area contributed by atoms with Crippen LogP contribution in [0.2, 0.25) is 0 Å². The van der Waals surface area contributed by atoms with Crippen LogP contribution in [0.5, 0.6) is 0 Å². The van der Waals surface area contributed by atoms with Crippen LogP contribution in [0.15, 0.2) is 42.5 Å². The van der Waals surface area contributed by atoms with Crippen molar-refractivity contribution in [1.29, 1.82) is 0 Å². The minimum Gasteiger partial charge on any atom is -0.324 e. The number of para-hydroxylation sites is 1. The van der Waals surface area contributed by atoms with E-state index >= 15 is 0 Å². The summed E-state index contributed by atoms with van der Waals surface area (Å²) in [5.41, 5.74) is 1.06. The highest BCUT2D eigenvalue weighted by Crippen LogP contribution is 2.23. The lowest BCUT2D eigenvalue weighted by Crippen LogP contribution is -2.38. The van der Waals surface area contributed by atoms with Gasteiger partial charge in [-0.3, -0.25) is 9.10 Å². The molecule has 0 saturated heterocycles. The van der Waals surface area contributed by atoms with Crippen LogP contribution in [-0.2, 0) is 21.2 Å². The molecule has 1 N–H and O–H groups in total.